The average molecular weight is 291 g/mol. The van der Waals surface area contributed by atoms with Gasteiger partial charge in [0.25, 0.3) is 0 Å². The van der Waals surface area contributed by atoms with E-state index in [4.69, 9.17) is 17.4 Å². The summed E-state index contributed by atoms with van der Waals surface area (Å²) in [6.45, 7) is 2.78. The summed E-state index contributed by atoms with van der Waals surface area (Å²) in [5, 5.41) is 0.616. The van der Waals surface area contributed by atoms with E-state index in [2.05, 4.69) is 33.3 Å². The summed E-state index contributed by atoms with van der Waals surface area (Å²) in [6, 6.07) is 5.64. The normalized spacial score (nSPS) is 11.6. The van der Waals surface area contributed by atoms with Crippen molar-refractivity contribution >= 4 is 33.4 Å². The van der Waals surface area contributed by atoms with Gasteiger partial charge in [0, 0.05) is 16.6 Å². The smallest absolute Gasteiger partial charge is 0.144 e. The first kappa shape index (κ1) is 12.5. The number of rotatable bonds is 3. The zero-order valence-electron chi connectivity index (χ0n) is 8.43. The summed E-state index contributed by atoms with van der Waals surface area (Å²) in [4.78, 5) is 4.31. The van der Waals surface area contributed by atoms with Crippen LogP contribution >= 0.6 is 27.5 Å². The Morgan fingerprint density at radius 1 is 1.60 bits per heavy atom. The second kappa shape index (κ2) is 6.10. The van der Waals surface area contributed by atoms with E-state index >= 15 is 0 Å². The average Bonchev–Trinajstić information content (AvgIpc) is 2.25. The lowest BCUT2D eigenvalue weighted by molar-refractivity contribution is 0.907. The van der Waals surface area contributed by atoms with Crippen LogP contribution in [0.25, 0.3) is 0 Å². The topological polar surface area (TPSA) is 50.4 Å². The van der Waals surface area contributed by atoms with Gasteiger partial charge in [-0.1, -0.05) is 24.6 Å². The van der Waals surface area contributed by atoms with Gasteiger partial charge >= 0.3 is 0 Å². The molecule has 0 aliphatic carbocycles. The number of amidine groups is 1. The van der Waals surface area contributed by atoms with E-state index in [0.29, 0.717) is 10.9 Å². The minimum absolute atomic E-state index is 0.614. The number of hydrogen-bond acceptors (Lipinski definition) is 2. The Morgan fingerprint density at radius 2 is 2.33 bits per heavy atom. The van der Waals surface area contributed by atoms with Crippen molar-refractivity contribution in [1.82, 2.24) is 5.43 Å². The molecule has 1 rings (SSSR count). The van der Waals surface area contributed by atoms with Crippen LogP contribution in [0.2, 0.25) is 5.02 Å². The molecule has 5 heteroatoms. The molecule has 3 nitrogen and oxygen atoms in total. The molecule has 0 aromatic heterocycles. The third-order valence-electron chi connectivity index (χ3n) is 1.84. The van der Waals surface area contributed by atoms with E-state index in [9.17, 15) is 0 Å². The lowest BCUT2D eigenvalue weighted by Crippen LogP contribution is -2.31. The molecule has 1 aromatic carbocycles. The third kappa shape index (κ3) is 3.19. The molecule has 0 radical (unpaired) electrons. The van der Waals surface area contributed by atoms with Crippen LogP contribution in [0.3, 0.4) is 0 Å². The van der Waals surface area contributed by atoms with E-state index in [1.165, 1.54) is 0 Å². The monoisotopic (exact) mass is 289 g/mol. The molecule has 0 atom stereocenters. The van der Waals surface area contributed by atoms with Crippen molar-refractivity contribution in [1.29, 1.82) is 0 Å². The second-order valence-corrected chi connectivity index (χ2v) is 4.21. The van der Waals surface area contributed by atoms with E-state index in [1.807, 2.05) is 18.2 Å². The fourth-order valence-electron chi connectivity index (χ4n) is 1.12. The van der Waals surface area contributed by atoms with Crippen LogP contribution in [0.1, 0.15) is 18.9 Å². The Morgan fingerprint density at radius 3 is 2.93 bits per heavy atom. The van der Waals surface area contributed by atoms with Crippen molar-refractivity contribution in [3.8, 4) is 0 Å². The van der Waals surface area contributed by atoms with Gasteiger partial charge in [-0.25, -0.2) is 5.84 Å². The fraction of sp³-hybridized carbons (Fsp3) is 0.300. The molecule has 82 valence electrons. The Bertz CT molecular complexity index is 366. The molecule has 0 aliphatic heterocycles. The van der Waals surface area contributed by atoms with Gasteiger partial charge in [0.1, 0.15) is 5.84 Å². The lowest BCUT2D eigenvalue weighted by Gasteiger charge is -2.08. The zero-order valence-corrected chi connectivity index (χ0v) is 10.8. The van der Waals surface area contributed by atoms with Crippen molar-refractivity contribution in [2.24, 2.45) is 10.8 Å². The SMILES string of the molecule is CCCN=C(NN)c1cccc(Br)c1Cl. The molecule has 0 aliphatic rings. The van der Waals surface area contributed by atoms with E-state index in [0.717, 1.165) is 23.0 Å². The number of nitrogens with one attached hydrogen (secondary N) is 1. The predicted octanol–water partition coefficient (Wildman–Crippen LogP) is 2.72. The van der Waals surface area contributed by atoms with Gasteiger partial charge in [-0.2, -0.15) is 0 Å². The molecular weight excluding hydrogens is 277 g/mol. The Kier molecular flexibility index (Phi) is 5.08. The summed E-state index contributed by atoms with van der Waals surface area (Å²) >= 11 is 9.48. The number of hydrogen-bond donors (Lipinski definition) is 2. The van der Waals surface area contributed by atoms with E-state index in [-0.39, 0.29) is 0 Å². The van der Waals surface area contributed by atoms with Crippen LogP contribution in [-0.2, 0) is 0 Å². The van der Waals surface area contributed by atoms with Crippen LogP contribution in [0.4, 0.5) is 0 Å². The van der Waals surface area contributed by atoms with Gasteiger partial charge < -0.3 is 5.43 Å². The van der Waals surface area contributed by atoms with Crippen LogP contribution in [-0.4, -0.2) is 12.4 Å². The summed E-state index contributed by atoms with van der Waals surface area (Å²) in [5.74, 6) is 6.02. The molecule has 0 unspecified atom stereocenters. The second-order valence-electron chi connectivity index (χ2n) is 2.98. The van der Waals surface area contributed by atoms with Crippen molar-refractivity contribution in [3.05, 3.63) is 33.3 Å². The quantitative estimate of drug-likeness (QED) is 0.389. The summed E-state index contributed by atoms with van der Waals surface area (Å²) in [7, 11) is 0. The van der Waals surface area contributed by atoms with Crippen LogP contribution < -0.4 is 11.3 Å². The van der Waals surface area contributed by atoms with E-state index in [1.54, 1.807) is 0 Å². The van der Waals surface area contributed by atoms with Gasteiger partial charge in [-0.05, 0) is 34.5 Å². The fourth-order valence-corrected chi connectivity index (χ4v) is 1.70. The highest BCUT2D eigenvalue weighted by molar-refractivity contribution is 9.10. The first-order valence-electron chi connectivity index (χ1n) is 4.66. The molecule has 0 spiro atoms. The summed E-state index contributed by atoms with van der Waals surface area (Å²) < 4.78 is 0.834. The first-order valence-corrected chi connectivity index (χ1v) is 5.83. The van der Waals surface area contributed by atoms with Gasteiger partial charge in [0.05, 0.1) is 5.02 Å². The highest BCUT2D eigenvalue weighted by Gasteiger charge is 2.08. The summed E-state index contributed by atoms with van der Waals surface area (Å²) in [5.41, 5.74) is 3.37. The number of halogens is 2. The molecule has 3 N–H and O–H groups in total. The number of hydrazine groups is 1. The van der Waals surface area contributed by atoms with Gasteiger partial charge in [0.15, 0.2) is 0 Å². The third-order valence-corrected chi connectivity index (χ3v) is 3.13. The molecule has 0 amide bonds. The highest BCUT2D eigenvalue weighted by Crippen LogP contribution is 2.25. The minimum atomic E-state index is 0.614. The molecule has 0 bridgehead atoms. The van der Waals surface area contributed by atoms with Crippen LogP contribution in [0.5, 0.6) is 0 Å². The van der Waals surface area contributed by atoms with Gasteiger partial charge in [-0.3, -0.25) is 4.99 Å². The number of nitrogens with zero attached hydrogens (tertiary/aromatic N) is 1. The van der Waals surface area contributed by atoms with Gasteiger partial charge in [-0.15, -0.1) is 0 Å². The minimum Gasteiger partial charge on any atom is -0.308 e. The molecule has 0 saturated heterocycles. The van der Waals surface area contributed by atoms with Crippen molar-refractivity contribution in [3.63, 3.8) is 0 Å². The van der Waals surface area contributed by atoms with E-state index < -0.39 is 0 Å². The Balaban J connectivity index is 3.07. The molecular formula is C10H13BrClN3. The number of aliphatic imine (C=N–C) groups is 1. The molecule has 1 aromatic rings. The predicted molar refractivity (Wildman–Crippen MR) is 68.2 cm³/mol. The number of nitrogens with two attached hydrogens (primary N) is 1. The summed E-state index contributed by atoms with van der Waals surface area (Å²) in [6.07, 6.45) is 0.969. The highest BCUT2D eigenvalue weighted by atomic mass is 79.9. The van der Waals surface area contributed by atoms with Crippen molar-refractivity contribution < 1.29 is 0 Å². The maximum atomic E-state index is 6.12. The maximum absolute atomic E-state index is 6.12. The molecule has 0 fully saturated rings. The zero-order chi connectivity index (χ0) is 11.3. The maximum Gasteiger partial charge on any atom is 0.144 e. The Hall–Kier alpha value is -0.580. The first-order chi connectivity index (χ1) is 7.20. The largest absolute Gasteiger partial charge is 0.308 e. The van der Waals surface area contributed by atoms with Gasteiger partial charge in [0.2, 0.25) is 0 Å². The standard InChI is InChI=1S/C10H13BrClN3/c1-2-6-14-10(15-13)7-4-3-5-8(11)9(7)12/h3-5H,2,6,13H2,1H3,(H,14,15). The van der Waals surface area contributed by atoms with Crippen LogP contribution in [0.15, 0.2) is 27.7 Å². The van der Waals surface area contributed by atoms with Crippen molar-refractivity contribution in [2.75, 3.05) is 6.54 Å². The molecule has 15 heavy (non-hydrogen) atoms. The van der Waals surface area contributed by atoms with Crippen molar-refractivity contribution in [2.45, 2.75) is 13.3 Å². The lowest BCUT2D eigenvalue weighted by atomic mass is 10.2. The molecule has 0 heterocycles. The Labute approximate surface area is 103 Å². The molecule has 0 saturated carbocycles. The number of benzene rings is 1. The van der Waals surface area contributed by atoms with Crippen LogP contribution in [0, 0.1) is 0 Å².